The van der Waals surface area contributed by atoms with Crippen molar-refractivity contribution in [3.05, 3.63) is 40.8 Å². The molecule has 2 N–H and O–H groups in total. The maximum Gasteiger partial charge on any atom is 0.133 e. The minimum Gasteiger partial charge on any atom is -0.396 e. The number of nitrogens with zero attached hydrogens (tertiary/aromatic N) is 1. The molecule has 0 aliphatic heterocycles. The summed E-state index contributed by atoms with van der Waals surface area (Å²) in [5, 5.41) is 0.528. The summed E-state index contributed by atoms with van der Waals surface area (Å²) in [5.41, 5.74) is 6.90. The molecule has 1 aromatic heterocycles. The van der Waals surface area contributed by atoms with Crippen LogP contribution in [0.25, 0.3) is 11.3 Å². The lowest BCUT2D eigenvalue weighted by Crippen LogP contribution is -2.12. The van der Waals surface area contributed by atoms with Crippen LogP contribution in [0.3, 0.4) is 0 Å². The van der Waals surface area contributed by atoms with Gasteiger partial charge in [-0.25, -0.2) is 4.39 Å². The van der Waals surface area contributed by atoms with Gasteiger partial charge in [0.1, 0.15) is 13.0 Å². The maximum atomic E-state index is 13.9. The van der Waals surface area contributed by atoms with Crippen molar-refractivity contribution in [3.63, 3.8) is 0 Å². The van der Waals surface area contributed by atoms with Crippen LogP contribution in [0.15, 0.2) is 34.9 Å². The monoisotopic (exact) mass is 342 g/mol. The number of anilines is 1. The SMILES string of the molecule is CP(C)(=O)c1ccnc(-c2ccc(Br)cc2F)c1N. The summed E-state index contributed by atoms with van der Waals surface area (Å²) in [6, 6.07) is 6.28. The van der Waals surface area contributed by atoms with Gasteiger partial charge in [-0.1, -0.05) is 15.9 Å². The summed E-state index contributed by atoms with van der Waals surface area (Å²) in [6.07, 6.45) is 1.50. The molecule has 1 aromatic carbocycles. The highest BCUT2D eigenvalue weighted by Crippen LogP contribution is 2.39. The van der Waals surface area contributed by atoms with Crippen LogP contribution in [-0.4, -0.2) is 18.3 Å². The number of hydrogen-bond acceptors (Lipinski definition) is 3. The van der Waals surface area contributed by atoms with Crippen molar-refractivity contribution in [2.45, 2.75) is 0 Å². The molecule has 0 saturated carbocycles. The summed E-state index contributed by atoms with van der Waals surface area (Å²) in [4.78, 5) is 4.11. The van der Waals surface area contributed by atoms with Crippen LogP contribution in [0.1, 0.15) is 0 Å². The molecule has 0 radical (unpaired) electrons. The highest BCUT2D eigenvalue weighted by Gasteiger charge is 2.19. The van der Waals surface area contributed by atoms with E-state index in [2.05, 4.69) is 20.9 Å². The van der Waals surface area contributed by atoms with Crippen molar-refractivity contribution < 1.29 is 8.96 Å². The van der Waals surface area contributed by atoms with Gasteiger partial charge in [0.2, 0.25) is 0 Å². The molecule has 0 aliphatic rings. The van der Waals surface area contributed by atoms with Crippen molar-refractivity contribution >= 4 is 34.1 Å². The van der Waals surface area contributed by atoms with E-state index in [9.17, 15) is 8.96 Å². The number of halogens is 2. The van der Waals surface area contributed by atoms with E-state index in [1.807, 2.05) is 0 Å². The third kappa shape index (κ3) is 2.88. The van der Waals surface area contributed by atoms with Crippen molar-refractivity contribution in [3.8, 4) is 11.3 Å². The Morgan fingerprint density at radius 2 is 2.00 bits per heavy atom. The minimum absolute atomic E-state index is 0.275. The number of nitrogen functional groups attached to an aromatic ring is 1. The molecule has 0 saturated heterocycles. The van der Waals surface area contributed by atoms with Crippen LogP contribution >= 0.6 is 23.1 Å². The number of rotatable bonds is 2. The molecule has 19 heavy (non-hydrogen) atoms. The third-order valence-electron chi connectivity index (χ3n) is 2.73. The zero-order valence-electron chi connectivity index (χ0n) is 10.5. The van der Waals surface area contributed by atoms with E-state index in [-0.39, 0.29) is 5.69 Å². The second-order valence-corrected chi connectivity index (χ2v) is 8.67. The number of hydrogen-bond donors (Lipinski definition) is 1. The van der Waals surface area contributed by atoms with E-state index in [1.54, 1.807) is 31.5 Å². The number of aromatic nitrogens is 1. The van der Waals surface area contributed by atoms with Crippen LogP contribution in [0.2, 0.25) is 0 Å². The molecule has 0 bridgehead atoms. The fourth-order valence-electron chi connectivity index (χ4n) is 1.83. The minimum atomic E-state index is -2.52. The predicted octanol–water partition coefficient (Wildman–Crippen LogP) is 3.48. The lowest BCUT2D eigenvalue weighted by Gasteiger charge is -2.13. The van der Waals surface area contributed by atoms with Gasteiger partial charge >= 0.3 is 0 Å². The van der Waals surface area contributed by atoms with E-state index in [0.717, 1.165) is 0 Å². The van der Waals surface area contributed by atoms with Gasteiger partial charge in [-0.2, -0.15) is 0 Å². The molecule has 3 nitrogen and oxygen atoms in total. The van der Waals surface area contributed by atoms with Crippen molar-refractivity contribution in [1.29, 1.82) is 0 Å². The van der Waals surface area contributed by atoms with Gasteiger partial charge in [-0.3, -0.25) is 4.98 Å². The molecule has 2 aromatic rings. The van der Waals surface area contributed by atoms with Crippen LogP contribution < -0.4 is 11.0 Å². The molecule has 0 fully saturated rings. The Balaban J connectivity index is 2.67. The van der Waals surface area contributed by atoms with E-state index in [0.29, 0.717) is 21.0 Å². The number of nitrogens with two attached hydrogens (primary N) is 1. The Bertz CT molecular complexity index is 684. The third-order valence-corrected chi connectivity index (χ3v) is 4.78. The molecular weight excluding hydrogens is 330 g/mol. The van der Waals surface area contributed by atoms with Gasteiger partial charge in [0, 0.05) is 21.5 Å². The zero-order valence-corrected chi connectivity index (χ0v) is 13.0. The average Bonchev–Trinajstić information content (AvgIpc) is 2.28. The summed E-state index contributed by atoms with van der Waals surface area (Å²) in [7, 11) is -2.52. The largest absolute Gasteiger partial charge is 0.396 e. The Kier molecular flexibility index (Phi) is 3.79. The van der Waals surface area contributed by atoms with Gasteiger partial charge in [0.15, 0.2) is 0 Å². The van der Waals surface area contributed by atoms with Crippen LogP contribution in [0.5, 0.6) is 0 Å². The van der Waals surface area contributed by atoms with Gasteiger partial charge in [0.05, 0.1) is 11.4 Å². The lowest BCUT2D eigenvalue weighted by molar-refractivity contribution is 0.588. The zero-order chi connectivity index (χ0) is 14.2. The number of pyridine rings is 1. The second-order valence-electron chi connectivity index (χ2n) is 4.57. The Hall–Kier alpha value is -1.19. The highest BCUT2D eigenvalue weighted by molar-refractivity contribution is 9.10. The molecule has 1 heterocycles. The van der Waals surface area contributed by atoms with Gasteiger partial charge in [-0.05, 0) is 37.6 Å². The van der Waals surface area contributed by atoms with E-state index < -0.39 is 13.0 Å². The highest BCUT2D eigenvalue weighted by atomic mass is 79.9. The lowest BCUT2D eigenvalue weighted by atomic mass is 10.1. The Labute approximate surface area is 119 Å². The van der Waals surface area contributed by atoms with E-state index in [1.165, 1.54) is 12.3 Å². The second kappa shape index (κ2) is 5.06. The average molecular weight is 343 g/mol. The molecular formula is C13H13BrFN2OP. The molecule has 0 amide bonds. The molecule has 0 unspecified atom stereocenters. The fraction of sp³-hybridized carbons (Fsp3) is 0.154. The fourth-order valence-corrected chi connectivity index (χ4v) is 3.27. The molecule has 2 rings (SSSR count). The van der Waals surface area contributed by atoms with Crippen molar-refractivity contribution in [2.75, 3.05) is 19.1 Å². The molecule has 0 aliphatic carbocycles. The quantitative estimate of drug-likeness (QED) is 0.850. The van der Waals surface area contributed by atoms with Crippen LogP contribution in [0, 0.1) is 5.82 Å². The Morgan fingerprint density at radius 1 is 1.32 bits per heavy atom. The summed E-state index contributed by atoms with van der Waals surface area (Å²) >= 11 is 3.20. The first-order valence-electron chi connectivity index (χ1n) is 5.56. The van der Waals surface area contributed by atoms with Crippen molar-refractivity contribution in [2.24, 2.45) is 0 Å². The summed E-state index contributed by atoms with van der Waals surface area (Å²) in [5.74, 6) is -0.423. The van der Waals surface area contributed by atoms with Gasteiger partial charge in [-0.15, -0.1) is 0 Å². The van der Waals surface area contributed by atoms with Crippen LogP contribution in [-0.2, 0) is 4.57 Å². The number of benzene rings is 1. The smallest absolute Gasteiger partial charge is 0.133 e. The van der Waals surface area contributed by atoms with Gasteiger partial charge in [0.25, 0.3) is 0 Å². The Morgan fingerprint density at radius 3 is 2.58 bits per heavy atom. The normalized spacial score (nSPS) is 11.6. The first-order chi connectivity index (χ1) is 8.80. The van der Waals surface area contributed by atoms with E-state index in [4.69, 9.17) is 5.73 Å². The molecule has 0 spiro atoms. The standard InChI is InChI=1S/C13H13BrFN2OP/c1-19(2,18)11-5-6-17-13(12(11)16)9-4-3-8(14)7-10(9)15/h3-7H,16H2,1-2H3. The maximum absolute atomic E-state index is 13.9. The van der Waals surface area contributed by atoms with Crippen LogP contribution in [0.4, 0.5) is 10.1 Å². The summed E-state index contributed by atoms with van der Waals surface area (Å²) in [6.45, 7) is 3.25. The first kappa shape index (κ1) is 14.2. The van der Waals surface area contributed by atoms with Crippen molar-refractivity contribution in [1.82, 2.24) is 4.98 Å². The molecule has 100 valence electrons. The predicted molar refractivity (Wildman–Crippen MR) is 80.8 cm³/mol. The van der Waals surface area contributed by atoms with E-state index >= 15 is 0 Å². The summed E-state index contributed by atoms with van der Waals surface area (Å²) < 4.78 is 26.7. The van der Waals surface area contributed by atoms with Gasteiger partial charge < -0.3 is 10.3 Å². The topological polar surface area (TPSA) is 56.0 Å². The molecule has 0 atom stereocenters. The molecule has 6 heteroatoms. The first-order valence-corrected chi connectivity index (χ1v) is 8.95.